The number of hydrogen-bond donors (Lipinski definition) is 1. The summed E-state index contributed by atoms with van der Waals surface area (Å²) in [5, 5.41) is 0.766. The molecule has 0 aliphatic carbocycles. The summed E-state index contributed by atoms with van der Waals surface area (Å²) >= 11 is 6.36. The van der Waals surface area contributed by atoms with Gasteiger partial charge in [0.15, 0.2) is 0 Å². The fraction of sp³-hybridized carbons (Fsp3) is 0.571. The first-order valence-corrected chi connectivity index (χ1v) is 6.71. The Morgan fingerprint density at radius 2 is 2.17 bits per heavy atom. The molecule has 4 heteroatoms. The third-order valence-electron chi connectivity index (χ3n) is 3.26. The Morgan fingerprint density at radius 1 is 1.44 bits per heavy atom. The molecular weight excluding hydrogens is 248 g/mol. The Morgan fingerprint density at radius 3 is 2.72 bits per heavy atom. The molecule has 1 aromatic rings. The van der Waals surface area contributed by atoms with E-state index in [0.717, 1.165) is 36.0 Å². The summed E-state index contributed by atoms with van der Waals surface area (Å²) in [7, 11) is 0. The molecule has 100 valence electrons. The summed E-state index contributed by atoms with van der Waals surface area (Å²) in [4.78, 5) is 2.27. The maximum Gasteiger partial charge on any atom is 0.0801 e. The summed E-state index contributed by atoms with van der Waals surface area (Å²) in [6, 6.07) is 6.08. The van der Waals surface area contributed by atoms with Crippen molar-refractivity contribution in [2.75, 3.05) is 24.6 Å². The monoisotopic (exact) mass is 268 g/mol. The number of rotatable bonds is 2. The van der Waals surface area contributed by atoms with Crippen molar-refractivity contribution in [2.24, 2.45) is 5.73 Å². The van der Waals surface area contributed by atoms with Gasteiger partial charge in [-0.25, -0.2) is 0 Å². The normalized spacial score (nSPS) is 20.8. The average Bonchev–Trinajstić information content (AvgIpc) is 2.27. The highest BCUT2D eigenvalue weighted by atomic mass is 35.5. The number of halogens is 1. The lowest BCUT2D eigenvalue weighted by molar-refractivity contribution is -0.0276. The first-order valence-electron chi connectivity index (χ1n) is 6.33. The van der Waals surface area contributed by atoms with Crippen molar-refractivity contribution in [2.45, 2.75) is 32.4 Å². The number of anilines is 1. The van der Waals surface area contributed by atoms with E-state index in [4.69, 9.17) is 22.1 Å². The molecule has 1 atom stereocenters. The van der Waals surface area contributed by atoms with Crippen LogP contribution in [0.2, 0.25) is 5.02 Å². The highest BCUT2D eigenvalue weighted by Gasteiger charge is 2.28. The number of nitrogens with two attached hydrogens (primary N) is 1. The lowest BCUT2D eigenvalue weighted by Crippen LogP contribution is -2.48. The minimum absolute atomic E-state index is 0.0117. The molecule has 0 unspecified atom stereocenters. The first kappa shape index (κ1) is 13.7. The summed E-state index contributed by atoms with van der Waals surface area (Å²) in [5.41, 5.74) is 7.87. The molecule has 1 saturated heterocycles. The fourth-order valence-corrected chi connectivity index (χ4v) is 2.59. The minimum atomic E-state index is -0.124. The second kappa shape index (κ2) is 5.08. The quantitative estimate of drug-likeness (QED) is 0.896. The molecule has 2 rings (SSSR count). The molecule has 1 aliphatic rings. The molecule has 0 aromatic heterocycles. The van der Waals surface area contributed by atoms with Gasteiger partial charge in [0.1, 0.15) is 0 Å². The molecule has 18 heavy (non-hydrogen) atoms. The molecule has 1 heterocycles. The summed E-state index contributed by atoms with van der Waals surface area (Å²) in [5.74, 6) is 0. The topological polar surface area (TPSA) is 38.5 Å². The van der Waals surface area contributed by atoms with E-state index < -0.39 is 0 Å². The molecule has 3 nitrogen and oxygen atoms in total. The third kappa shape index (κ3) is 2.97. The van der Waals surface area contributed by atoms with Gasteiger partial charge < -0.3 is 15.4 Å². The van der Waals surface area contributed by atoms with Gasteiger partial charge >= 0.3 is 0 Å². The van der Waals surface area contributed by atoms with Crippen LogP contribution in [0, 0.1) is 0 Å². The van der Waals surface area contributed by atoms with E-state index in [-0.39, 0.29) is 11.6 Å². The second-order valence-electron chi connectivity index (χ2n) is 5.53. The SMILES string of the molecule is C[C@H](N)c1ccc(N2CCOC(C)(C)C2)c(Cl)c1. The predicted molar refractivity (Wildman–Crippen MR) is 76.3 cm³/mol. The Bertz CT molecular complexity index is 432. The van der Waals surface area contributed by atoms with Gasteiger partial charge in [0.25, 0.3) is 0 Å². The van der Waals surface area contributed by atoms with Crippen LogP contribution >= 0.6 is 11.6 Å². The van der Waals surface area contributed by atoms with Crippen LogP contribution in [0.1, 0.15) is 32.4 Å². The van der Waals surface area contributed by atoms with E-state index in [1.165, 1.54) is 0 Å². The van der Waals surface area contributed by atoms with E-state index in [2.05, 4.69) is 24.8 Å². The Hall–Kier alpha value is -0.770. The van der Waals surface area contributed by atoms with Crippen molar-refractivity contribution < 1.29 is 4.74 Å². The Balaban J connectivity index is 2.23. The number of ether oxygens (including phenoxy) is 1. The van der Waals surface area contributed by atoms with Gasteiger partial charge in [-0.1, -0.05) is 17.7 Å². The largest absolute Gasteiger partial charge is 0.372 e. The molecule has 2 N–H and O–H groups in total. The molecule has 1 aromatic carbocycles. The van der Waals surface area contributed by atoms with Crippen LogP contribution in [-0.4, -0.2) is 25.3 Å². The van der Waals surface area contributed by atoms with Crippen LogP contribution in [0.3, 0.4) is 0 Å². The number of nitrogens with zero attached hydrogens (tertiary/aromatic N) is 1. The van der Waals surface area contributed by atoms with Gasteiger partial charge in [-0.2, -0.15) is 0 Å². The summed E-state index contributed by atoms with van der Waals surface area (Å²) in [6.07, 6.45) is 0. The van der Waals surface area contributed by atoms with Crippen LogP contribution in [-0.2, 0) is 4.74 Å². The Kier molecular flexibility index (Phi) is 3.85. The molecule has 0 bridgehead atoms. The average molecular weight is 269 g/mol. The Labute approximate surface area is 114 Å². The zero-order valence-electron chi connectivity index (χ0n) is 11.2. The van der Waals surface area contributed by atoms with E-state index in [0.29, 0.717) is 0 Å². The summed E-state index contributed by atoms with van der Waals surface area (Å²) in [6.45, 7) is 8.62. The van der Waals surface area contributed by atoms with E-state index in [1.807, 2.05) is 19.1 Å². The number of hydrogen-bond acceptors (Lipinski definition) is 3. The highest BCUT2D eigenvalue weighted by molar-refractivity contribution is 6.33. The lowest BCUT2D eigenvalue weighted by atomic mass is 10.1. The van der Waals surface area contributed by atoms with Crippen LogP contribution < -0.4 is 10.6 Å². The maximum atomic E-state index is 6.36. The van der Waals surface area contributed by atoms with Crippen molar-refractivity contribution in [1.29, 1.82) is 0 Å². The lowest BCUT2D eigenvalue weighted by Gasteiger charge is -2.39. The van der Waals surface area contributed by atoms with Crippen molar-refractivity contribution in [3.05, 3.63) is 28.8 Å². The van der Waals surface area contributed by atoms with Crippen molar-refractivity contribution in [1.82, 2.24) is 0 Å². The van der Waals surface area contributed by atoms with Gasteiger partial charge in [-0.15, -0.1) is 0 Å². The van der Waals surface area contributed by atoms with E-state index in [9.17, 15) is 0 Å². The molecule has 0 saturated carbocycles. The van der Waals surface area contributed by atoms with Gasteiger partial charge in [-0.3, -0.25) is 0 Å². The van der Waals surface area contributed by atoms with Gasteiger partial charge in [0, 0.05) is 19.1 Å². The third-order valence-corrected chi connectivity index (χ3v) is 3.57. The molecule has 0 radical (unpaired) electrons. The van der Waals surface area contributed by atoms with Gasteiger partial charge in [-0.05, 0) is 38.5 Å². The molecule has 1 fully saturated rings. The molecule has 0 spiro atoms. The van der Waals surface area contributed by atoms with Gasteiger partial charge in [0.05, 0.1) is 22.9 Å². The zero-order chi connectivity index (χ0) is 13.3. The molecule has 0 amide bonds. The van der Waals surface area contributed by atoms with Crippen LogP contribution in [0.4, 0.5) is 5.69 Å². The standard InChI is InChI=1S/C14H21ClN2O/c1-10(16)11-4-5-13(12(15)8-11)17-6-7-18-14(2,3)9-17/h4-5,8,10H,6-7,9,16H2,1-3H3/t10-/m0/s1. The zero-order valence-corrected chi connectivity index (χ0v) is 12.0. The second-order valence-corrected chi connectivity index (χ2v) is 5.94. The van der Waals surface area contributed by atoms with E-state index in [1.54, 1.807) is 0 Å². The fourth-order valence-electron chi connectivity index (χ4n) is 2.28. The van der Waals surface area contributed by atoms with E-state index >= 15 is 0 Å². The predicted octanol–water partition coefficient (Wildman–Crippen LogP) is 2.97. The first-order chi connectivity index (χ1) is 8.39. The van der Waals surface area contributed by atoms with Crippen molar-refractivity contribution in [3.8, 4) is 0 Å². The van der Waals surface area contributed by atoms with Crippen LogP contribution in [0.5, 0.6) is 0 Å². The number of morpholine rings is 1. The van der Waals surface area contributed by atoms with Gasteiger partial charge in [0.2, 0.25) is 0 Å². The highest BCUT2D eigenvalue weighted by Crippen LogP contribution is 2.31. The smallest absolute Gasteiger partial charge is 0.0801 e. The molecule has 1 aliphatic heterocycles. The maximum absolute atomic E-state index is 6.36. The number of benzene rings is 1. The minimum Gasteiger partial charge on any atom is -0.372 e. The van der Waals surface area contributed by atoms with Crippen LogP contribution in [0.25, 0.3) is 0 Å². The van der Waals surface area contributed by atoms with Crippen LogP contribution in [0.15, 0.2) is 18.2 Å². The molecular formula is C14H21ClN2O. The summed E-state index contributed by atoms with van der Waals surface area (Å²) < 4.78 is 5.71. The van der Waals surface area contributed by atoms with Crippen molar-refractivity contribution >= 4 is 17.3 Å². The van der Waals surface area contributed by atoms with Crippen molar-refractivity contribution in [3.63, 3.8) is 0 Å².